The third kappa shape index (κ3) is 4.12. The Bertz CT molecular complexity index is 989. The van der Waals surface area contributed by atoms with Gasteiger partial charge in [0.05, 0.1) is 18.0 Å². The zero-order valence-electron chi connectivity index (χ0n) is 14.3. The van der Waals surface area contributed by atoms with Gasteiger partial charge in [0.25, 0.3) is 5.91 Å². The number of hydrogen-bond acceptors (Lipinski definition) is 5. The lowest BCUT2D eigenvalue weighted by molar-refractivity contribution is -0.127. The molecule has 1 aliphatic rings. The number of halogens is 1. The summed E-state index contributed by atoms with van der Waals surface area (Å²) in [5, 5.41) is 13.7. The van der Waals surface area contributed by atoms with Crippen molar-refractivity contribution in [2.75, 3.05) is 12.3 Å². The maximum Gasteiger partial charge on any atom is 0.253 e. The molecule has 4 rings (SSSR count). The van der Waals surface area contributed by atoms with Crippen molar-refractivity contribution in [2.45, 2.75) is 11.6 Å². The second-order valence-electron chi connectivity index (χ2n) is 5.91. The van der Waals surface area contributed by atoms with Crippen LogP contribution in [0.25, 0.3) is 11.4 Å². The van der Waals surface area contributed by atoms with Gasteiger partial charge in [-0.2, -0.15) is 5.10 Å². The first kappa shape index (κ1) is 17.9. The number of aromatic nitrogens is 3. The molecule has 136 valence electrons. The number of rotatable bonds is 5. The maximum atomic E-state index is 12.5. The molecule has 2 heterocycles. The Labute approximate surface area is 169 Å². The summed E-state index contributed by atoms with van der Waals surface area (Å²) in [5.41, 5.74) is 2.94. The average molecular weight is 442 g/mol. The van der Waals surface area contributed by atoms with E-state index in [0.717, 1.165) is 27.7 Å². The van der Waals surface area contributed by atoms with Crippen LogP contribution in [-0.4, -0.2) is 44.1 Å². The van der Waals surface area contributed by atoms with E-state index in [1.165, 1.54) is 16.8 Å². The van der Waals surface area contributed by atoms with Gasteiger partial charge in [-0.1, -0.05) is 76.2 Å². The highest BCUT2D eigenvalue weighted by atomic mass is 79.9. The number of carbonyl (C=O) groups excluding carboxylic acids is 1. The predicted molar refractivity (Wildman–Crippen MR) is 110 cm³/mol. The third-order valence-corrected chi connectivity index (χ3v) is 5.64. The number of H-pyrrole nitrogens is 1. The molecule has 0 bridgehead atoms. The molecule has 2 aromatic carbocycles. The van der Waals surface area contributed by atoms with Crippen LogP contribution in [0.5, 0.6) is 0 Å². The van der Waals surface area contributed by atoms with Gasteiger partial charge >= 0.3 is 0 Å². The minimum absolute atomic E-state index is 0.0434. The quantitative estimate of drug-likeness (QED) is 0.607. The Balaban J connectivity index is 1.38. The number of nitrogens with one attached hydrogen (secondary N) is 1. The van der Waals surface area contributed by atoms with Crippen LogP contribution in [-0.2, 0) is 4.79 Å². The molecule has 3 aromatic rings. The van der Waals surface area contributed by atoms with Crippen molar-refractivity contribution >= 4 is 39.3 Å². The molecular formula is C19H16BrN5OS. The SMILES string of the molecule is O=C(CSc1n[nH]c(-c2ccccc2Br)n1)N1CCC(c2ccccc2)=N1. The van der Waals surface area contributed by atoms with Gasteiger partial charge in [0, 0.05) is 16.5 Å². The van der Waals surface area contributed by atoms with Crippen molar-refractivity contribution in [1.82, 2.24) is 20.2 Å². The van der Waals surface area contributed by atoms with E-state index < -0.39 is 0 Å². The monoisotopic (exact) mass is 441 g/mol. The number of thioether (sulfide) groups is 1. The fraction of sp³-hybridized carbons (Fsp3) is 0.158. The Morgan fingerprint density at radius 1 is 1.15 bits per heavy atom. The zero-order valence-corrected chi connectivity index (χ0v) is 16.7. The zero-order chi connectivity index (χ0) is 18.6. The molecule has 0 unspecified atom stereocenters. The molecule has 27 heavy (non-hydrogen) atoms. The molecule has 1 amide bonds. The lowest BCUT2D eigenvalue weighted by Crippen LogP contribution is -2.25. The molecule has 1 aromatic heterocycles. The average Bonchev–Trinajstić information content (AvgIpc) is 3.37. The molecule has 6 nitrogen and oxygen atoms in total. The van der Waals surface area contributed by atoms with Crippen molar-refractivity contribution in [3.8, 4) is 11.4 Å². The molecule has 0 aliphatic carbocycles. The molecule has 1 N–H and O–H groups in total. The van der Waals surface area contributed by atoms with E-state index in [4.69, 9.17) is 0 Å². The highest BCUT2D eigenvalue weighted by Gasteiger charge is 2.22. The summed E-state index contributed by atoms with van der Waals surface area (Å²) in [4.78, 5) is 16.9. The number of aromatic amines is 1. The first-order valence-corrected chi connectivity index (χ1v) is 10.2. The van der Waals surface area contributed by atoms with Gasteiger partial charge in [0.2, 0.25) is 5.16 Å². The van der Waals surface area contributed by atoms with Crippen LogP contribution >= 0.6 is 27.7 Å². The number of nitrogens with zero attached hydrogens (tertiary/aromatic N) is 4. The van der Waals surface area contributed by atoms with Crippen molar-refractivity contribution in [3.05, 3.63) is 64.6 Å². The smallest absolute Gasteiger partial charge is 0.253 e. The third-order valence-electron chi connectivity index (χ3n) is 4.12. The van der Waals surface area contributed by atoms with Crippen LogP contribution in [0.1, 0.15) is 12.0 Å². The van der Waals surface area contributed by atoms with Crippen LogP contribution in [0, 0.1) is 0 Å². The number of hydrogen-bond donors (Lipinski definition) is 1. The van der Waals surface area contributed by atoms with Crippen LogP contribution in [0.15, 0.2) is 69.3 Å². The summed E-state index contributed by atoms with van der Waals surface area (Å²) in [6.07, 6.45) is 0.771. The van der Waals surface area contributed by atoms with E-state index in [1.807, 2.05) is 54.6 Å². The van der Waals surface area contributed by atoms with Crippen molar-refractivity contribution in [3.63, 3.8) is 0 Å². The lowest BCUT2D eigenvalue weighted by atomic mass is 10.1. The molecule has 0 saturated carbocycles. The van der Waals surface area contributed by atoms with Crippen LogP contribution in [0.4, 0.5) is 0 Å². The van der Waals surface area contributed by atoms with Gasteiger partial charge in [-0.05, 0) is 11.6 Å². The summed E-state index contributed by atoms with van der Waals surface area (Å²) >= 11 is 4.81. The summed E-state index contributed by atoms with van der Waals surface area (Å²) < 4.78 is 0.939. The topological polar surface area (TPSA) is 74.2 Å². The highest BCUT2D eigenvalue weighted by molar-refractivity contribution is 9.10. The molecule has 8 heteroatoms. The Hall–Kier alpha value is -2.45. The van der Waals surface area contributed by atoms with Crippen LogP contribution in [0.3, 0.4) is 0 Å². The molecule has 0 atom stereocenters. The number of carbonyl (C=O) groups is 1. The van der Waals surface area contributed by atoms with Gasteiger partial charge in [0.1, 0.15) is 0 Å². The molecule has 1 aliphatic heterocycles. The fourth-order valence-corrected chi connectivity index (χ4v) is 3.90. The number of amides is 1. The Kier molecular flexibility index (Phi) is 5.35. The number of hydrazone groups is 1. The lowest BCUT2D eigenvalue weighted by Gasteiger charge is -2.09. The molecular weight excluding hydrogens is 426 g/mol. The summed E-state index contributed by atoms with van der Waals surface area (Å²) in [7, 11) is 0. The van der Waals surface area contributed by atoms with Crippen molar-refractivity contribution in [2.24, 2.45) is 5.10 Å². The number of benzene rings is 2. The van der Waals surface area contributed by atoms with E-state index in [9.17, 15) is 4.79 Å². The summed E-state index contributed by atoms with van der Waals surface area (Å²) in [6.45, 7) is 0.611. The molecule has 0 radical (unpaired) electrons. The predicted octanol–water partition coefficient (Wildman–Crippen LogP) is 3.96. The van der Waals surface area contributed by atoms with Crippen LogP contribution < -0.4 is 0 Å². The first-order valence-electron chi connectivity index (χ1n) is 8.44. The van der Waals surface area contributed by atoms with Crippen molar-refractivity contribution < 1.29 is 4.79 Å². The Morgan fingerprint density at radius 3 is 2.74 bits per heavy atom. The van der Waals surface area contributed by atoms with Crippen LogP contribution in [0.2, 0.25) is 0 Å². The van der Waals surface area contributed by atoms with E-state index >= 15 is 0 Å². The maximum absolute atomic E-state index is 12.5. The molecule has 0 saturated heterocycles. The molecule has 0 fully saturated rings. The fourth-order valence-electron chi connectivity index (χ4n) is 2.76. The minimum Gasteiger partial charge on any atom is -0.272 e. The largest absolute Gasteiger partial charge is 0.272 e. The van der Waals surface area contributed by atoms with E-state index in [0.29, 0.717) is 17.5 Å². The first-order chi connectivity index (χ1) is 13.2. The Morgan fingerprint density at radius 2 is 1.93 bits per heavy atom. The van der Waals surface area contributed by atoms with Gasteiger partial charge in [-0.15, -0.1) is 5.10 Å². The second-order valence-corrected chi connectivity index (χ2v) is 7.71. The summed E-state index contributed by atoms with van der Waals surface area (Å²) in [5.74, 6) is 0.875. The van der Waals surface area contributed by atoms with Gasteiger partial charge < -0.3 is 0 Å². The van der Waals surface area contributed by atoms with E-state index in [2.05, 4.69) is 36.2 Å². The van der Waals surface area contributed by atoms with Gasteiger partial charge in [-0.25, -0.2) is 9.99 Å². The normalized spacial score (nSPS) is 13.7. The molecule has 0 spiro atoms. The highest BCUT2D eigenvalue weighted by Crippen LogP contribution is 2.26. The van der Waals surface area contributed by atoms with Gasteiger partial charge in [-0.3, -0.25) is 9.89 Å². The van der Waals surface area contributed by atoms with E-state index in [-0.39, 0.29) is 11.7 Å². The standard InChI is InChI=1S/C19H16BrN5OS/c20-15-9-5-4-8-14(15)18-21-19(23-22-18)27-12-17(26)25-11-10-16(24-25)13-6-2-1-3-7-13/h1-9H,10-12H2,(H,21,22,23). The van der Waals surface area contributed by atoms with Crippen molar-refractivity contribution in [1.29, 1.82) is 0 Å². The van der Waals surface area contributed by atoms with E-state index in [1.54, 1.807) is 0 Å². The minimum atomic E-state index is -0.0434. The summed E-state index contributed by atoms with van der Waals surface area (Å²) in [6, 6.07) is 17.7. The second kappa shape index (κ2) is 8.06. The van der Waals surface area contributed by atoms with Gasteiger partial charge in [0.15, 0.2) is 5.82 Å².